The first kappa shape index (κ1) is 11.2. The van der Waals surface area contributed by atoms with Crippen molar-refractivity contribution in [2.45, 2.75) is 20.3 Å². The van der Waals surface area contributed by atoms with Crippen LogP contribution in [-0.2, 0) is 0 Å². The molecule has 0 aliphatic heterocycles. The molecule has 0 heterocycles. The lowest BCUT2D eigenvalue weighted by Gasteiger charge is -2.04. The molecule has 0 saturated heterocycles. The molecule has 1 nitrogen and oxygen atoms in total. The minimum absolute atomic E-state index is 0.0458. The van der Waals surface area contributed by atoms with E-state index >= 15 is 0 Å². The molecule has 0 unspecified atom stereocenters. The minimum atomic E-state index is -0.540. The third kappa shape index (κ3) is 2.81. The summed E-state index contributed by atoms with van der Waals surface area (Å²) in [6.07, 6.45) is 0.432. The maximum atomic E-state index is 13.0. The fraction of sp³-hybridized carbons (Fsp3) is 0.364. The Morgan fingerprint density at radius 2 is 2.14 bits per heavy atom. The standard InChI is InChI=1S/C11H12ClFO/c1-7(2)5-11(14)8-3-4-9(12)10(13)6-8/h3-4,6-7H,5H2,1-2H3. The van der Waals surface area contributed by atoms with Crippen molar-refractivity contribution >= 4 is 17.4 Å². The van der Waals surface area contributed by atoms with Gasteiger partial charge in [-0.15, -0.1) is 0 Å². The van der Waals surface area contributed by atoms with Crippen LogP contribution < -0.4 is 0 Å². The van der Waals surface area contributed by atoms with Crippen LogP contribution in [0.1, 0.15) is 30.6 Å². The summed E-state index contributed by atoms with van der Waals surface area (Å²) in [5.74, 6) is -0.307. The van der Waals surface area contributed by atoms with Crippen LogP contribution in [0.4, 0.5) is 4.39 Å². The van der Waals surface area contributed by atoms with Gasteiger partial charge < -0.3 is 0 Å². The Bertz CT molecular complexity index is 347. The highest BCUT2D eigenvalue weighted by atomic mass is 35.5. The van der Waals surface area contributed by atoms with Gasteiger partial charge in [0, 0.05) is 12.0 Å². The van der Waals surface area contributed by atoms with Gasteiger partial charge in [-0.3, -0.25) is 4.79 Å². The molecule has 0 bridgehead atoms. The Morgan fingerprint density at radius 3 is 2.64 bits per heavy atom. The number of carbonyl (C=O) groups excluding carboxylic acids is 1. The summed E-state index contributed by atoms with van der Waals surface area (Å²) < 4.78 is 13.0. The summed E-state index contributed by atoms with van der Waals surface area (Å²) in [6, 6.07) is 4.15. The molecule has 76 valence electrons. The Labute approximate surface area is 87.9 Å². The fourth-order valence-corrected chi connectivity index (χ4v) is 1.28. The maximum absolute atomic E-state index is 13.0. The number of Topliss-reactive ketones (excluding diaryl/α,β-unsaturated/α-hetero) is 1. The molecular weight excluding hydrogens is 203 g/mol. The van der Waals surface area contributed by atoms with Gasteiger partial charge in [-0.1, -0.05) is 25.4 Å². The number of rotatable bonds is 3. The lowest BCUT2D eigenvalue weighted by atomic mass is 10.0. The van der Waals surface area contributed by atoms with Gasteiger partial charge in [0.15, 0.2) is 5.78 Å². The van der Waals surface area contributed by atoms with E-state index in [-0.39, 0.29) is 16.7 Å². The van der Waals surface area contributed by atoms with Crippen LogP contribution in [0.3, 0.4) is 0 Å². The first-order valence-corrected chi connectivity index (χ1v) is 4.86. The van der Waals surface area contributed by atoms with Crippen molar-refractivity contribution in [1.29, 1.82) is 0 Å². The first-order valence-electron chi connectivity index (χ1n) is 4.49. The molecule has 0 spiro atoms. The number of halogens is 2. The molecule has 0 saturated carbocycles. The Balaban J connectivity index is 2.86. The van der Waals surface area contributed by atoms with Gasteiger partial charge >= 0.3 is 0 Å². The summed E-state index contributed by atoms with van der Waals surface area (Å²) in [5.41, 5.74) is 0.389. The van der Waals surface area contributed by atoms with E-state index in [0.29, 0.717) is 12.0 Å². The third-order valence-corrected chi connectivity index (χ3v) is 2.14. The van der Waals surface area contributed by atoms with E-state index in [1.54, 1.807) is 6.07 Å². The molecule has 0 fully saturated rings. The second kappa shape index (κ2) is 4.56. The monoisotopic (exact) mass is 214 g/mol. The molecule has 1 rings (SSSR count). The second-order valence-corrected chi connectivity index (χ2v) is 4.06. The predicted octanol–water partition coefficient (Wildman–Crippen LogP) is 3.71. The Morgan fingerprint density at radius 1 is 1.50 bits per heavy atom. The summed E-state index contributed by atoms with van der Waals surface area (Å²) in [7, 11) is 0. The molecular formula is C11H12ClFO. The van der Waals surface area contributed by atoms with Gasteiger partial charge in [-0.25, -0.2) is 4.39 Å². The maximum Gasteiger partial charge on any atom is 0.163 e. The fourth-order valence-electron chi connectivity index (χ4n) is 1.16. The molecule has 0 amide bonds. The van der Waals surface area contributed by atoms with Crippen molar-refractivity contribution in [3.05, 3.63) is 34.6 Å². The lowest BCUT2D eigenvalue weighted by molar-refractivity contribution is 0.0967. The SMILES string of the molecule is CC(C)CC(=O)c1ccc(Cl)c(F)c1. The Hall–Kier alpha value is -0.890. The molecule has 0 N–H and O–H groups in total. The molecule has 0 aliphatic carbocycles. The van der Waals surface area contributed by atoms with E-state index in [4.69, 9.17) is 11.6 Å². The van der Waals surface area contributed by atoms with E-state index in [9.17, 15) is 9.18 Å². The quantitative estimate of drug-likeness (QED) is 0.701. The van der Waals surface area contributed by atoms with Crippen LogP contribution in [0, 0.1) is 11.7 Å². The number of carbonyl (C=O) groups is 1. The molecule has 0 radical (unpaired) electrons. The highest BCUT2D eigenvalue weighted by Crippen LogP contribution is 2.17. The highest BCUT2D eigenvalue weighted by molar-refractivity contribution is 6.30. The van der Waals surface area contributed by atoms with Crippen LogP contribution >= 0.6 is 11.6 Å². The van der Waals surface area contributed by atoms with E-state index in [1.165, 1.54) is 12.1 Å². The summed E-state index contributed by atoms with van der Waals surface area (Å²) in [4.78, 5) is 11.5. The van der Waals surface area contributed by atoms with E-state index in [0.717, 1.165) is 0 Å². The number of ketones is 1. The van der Waals surface area contributed by atoms with Crippen LogP contribution in [0.15, 0.2) is 18.2 Å². The van der Waals surface area contributed by atoms with Gasteiger partial charge in [-0.2, -0.15) is 0 Å². The van der Waals surface area contributed by atoms with Crippen molar-refractivity contribution in [3.63, 3.8) is 0 Å². The molecule has 0 aliphatic rings. The van der Waals surface area contributed by atoms with E-state index in [1.807, 2.05) is 13.8 Å². The summed E-state index contributed by atoms with van der Waals surface area (Å²) in [6.45, 7) is 3.90. The van der Waals surface area contributed by atoms with Gasteiger partial charge in [0.2, 0.25) is 0 Å². The highest BCUT2D eigenvalue weighted by Gasteiger charge is 2.10. The lowest BCUT2D eigenvalue weighted by Crippen LogP contribution is -2.03. The van der Waals surface area contributed by atoms with E-state index < -0.39 is 5.82 Å². The third-order valence-electron chi connectivity index (χ3n) is 1.84. The number of hydrogen-bond donors (Lipinski definition) is 0. The zero-order chi connectivity index (χ0) is 10.7. The molecule has 3 heteroatoms. The van der Waals surface area contributed by atoms with Gasteiger partial charge in [0.25, 0.3) is 0 Å². The first-order chi connectivity index (χ1) is 6.50. The minimum Gasteiger partial charge on any atom is -0.294 e. The predicted molar refractivity (Wildman–Crippen MR) is 55.2 cm³/mol. The topological polar surface area (TPSA) is 17.1 Å². The van der Waals surface area contributed by atoms with Crippen molar-refractivity contribution in [3.8, 4) is 0 Å². The second-order valence-electron chi connectivity index (χ2n) is 3.65. The largest absolute Gasteiger partial charge is 0.294 e. The van der Waals surface area contributed by atoms with Crippen LogP contribution in [0.5, 0.6) is 0 Å². The van der Waals surface area contributed by atoms with E-state index in [2.05, 4.69) is 0 Å². The van der Waals surface area contributed by atoms with Gasteiger partial charge in [0.05, 0.1) is 5.02 Å². The Kier molecular flexibility index (Phi) is 3.64. The number of benzene rings is 1. The average molecular weight is 215 g/mol. The van der Waals surface area contributed by atoms with Crippen LogP contribution in [0.2, 0.25) is 5.02 Å². The summed E-state index contributed by atoms with van der Waals surface area (Å²) in [5, 5.41) is 0.0473. The van der Waals surface area contributed by atoms with Crippen LogP contribution in [0.25, 0.3) is 0 Å². The zero-order valence-corrected chi connectivity index (χ0v) is 8.94. The van der Waals surface area contributed by atoms with Gasteiger partial charge in [-0.05, 0) is 24.1 Å². The molecule has 0 aromatic heterocycles. The molecule has 14 heavy (non-hydrogen) atoms. The smallest absolute Gasteiger partial charge is 0.163 e. The van der Waals surface area contributed by atoms with Crippen molar-refractivity contribution < 1.29 is 9.18 Å². The molecule has 0 atom stereocenters. The zero-order valence-electron chi connectivity index (χ0n) is 8.18. The van der Waals surface area contributed by atoms with Crippen molar-refractivity contribution in [1.82, 2.24) is 0 Å². The van der Waals surface area contributed by atoms with Crippen molar-refractivity contribution in [2.75, 3.05) is 0 Å². The summed E-state index contributed by atoms with van der Waals surface area (Å²) >= 11 is 5.50. The molecule has 1 aromatic carbocycles. The normalized spacial score (nSPS) is 10.6. The van der Waals surface area contributed by atoms with Crippen LogP contribution in [-0.4, -0.2) is 5.78 Å². The number of hydrogen-bond acceptors (Lipinski definition) is 1. The van der Waals surface area contributed by atoms with Gasteiger partial charge in [0.1, 0.15) is 5.82 Å². The average Bonchev–Trinajstić information content (AvgIpc) is 2.08. The van der Waals surface area contributed by atoms with Crippen molar-refractivity contribution in [2.24, 2.45) is 5.92 Å². The molecule has 1 aromatic rings.